The van der Waals surface area contributed by atoms with Crippen molar-refractivity contribution >= 4 is 6.03 Å². The minimum absolute atomic E-state index is 0.101. The van der Waals surface area contributed by atoms with Gasteiger partial charge in [-0.3, -0.25) is 9.88 Å². The van der Waals surface area contributed by atoms with Crippen LogP contribution in [0.15, 0.2) is 36.5 Å². The number of carbonyl (C=O) groups excluding carboxylic acids is 1. The third-order valence-corrected chi connectivity index (χ3v) is 5.31. The predicted molar refractivity (Wildman–Crippen MR) is 100 cm³/mol. The Labute approximate surface area is 151 Å². The number of nitrogens with one attached hydrogen (secondary N) is 1. The van der Waals surface area contributed by atoms with Crippen LogP contribution in [0.1, 0.15) is 44.2 Å². The molecule has 25 heavy (non-hydrogen) atoms. The molecule has 1 aromatic rings. The fraction of sp³-hybridized carbons (Fsp3) is 0.600. The minimum Gasteiger partial charge on any atom is -0.332 e. The molecule has 136 valence electrons. The van der Waals surface area contributed by atoms with Gasteiger partial charge in [0, 0.05) is 37.9 Å². The maximum atomic E-state index is 12.5. The van der Waals surface area contributed by atoms with Gasteiger partial charge in [0.2, 0.25) is 0 Å². The van der Waals surface area contributed by atoms with Crippen LogP contribution < -0.4 is 5.32 Å². The second kappa shape index (κ2) is 8.99. The van der Waals surface area contributed by atoms with Gasteiger partial charge in [-0.2, -0.15) is 0 Å². The first kappa shape index (κ1) is 17.9. The van der Waals surface area contributed by atoms with Crippen LogP contribution in [-0.4, -0.2) is 53.0 Å². The maximum Gasteiger partial charge on any atom is 0.317 e. The summed E-state index contributed by atoms with van der Waals surface area (Å²) in [7, 11) is 2.17. The largest absolute Gasteiger partial charge is 0.332 e. The Morgan fingerprint density at radius 3 is 2.96 bits per heavy atom. The first-order valence-electron chi connectivity index (χ1n) is 9.54. The van der Waals surface area contributed by atoms with Crippen molar-refractivity contribution < 1.29 is 4.79 Å². The second-order valence-electron chi connectivity index (χ2n) is 7.22. The Kier molecular flexibility index (Phi) is 6.45. The fourth-order valence-electron chi connectivity index (χ4n) is 3.78. The number of pyridine rings is 1. The molecule has 0 aromatic carbocycles. The van der Waals surface area contributed by atoms with E-state index >= 15 is 0 Å². The molecule has 0 saturated carbocycles. The zero-order chi connectivity index (χ0) is 17.5. The molecule has 5 nitrogen and oxygen atoms in total. The smallest absolute Gasteiger partial charge is 0.317 e. The van der Waals surface area contributed by atoms with Crippen LogP contribution in [0.25, 0.3) is 0 Å². The molecule has 0 unspecified atom stereocenters. The van der Waals surface area contributed by atoms with Crippen LogP contribution in [0.4, 0.5) is 4.79 Å². The first-order chi connectivity index (χ1) is 12.2. The fourth-order valence-corrected chi connectivity index (χ4v) is 3.78. The summed E-state index contributed by atoms with van der Waals surface area (Å²) in [5.41, 5.74) is 1.10. The molecule has 2 aliphatic rings. The van der Waals surface area contributed by atoms with Crippen molar-refractivity contribution in [2.24, 2.45) is 0 Å². The van der Waals surface area contributed by atoms with Gasteiger partial charge in [-0.05, 0) is 57.7 Å². The van der Waals surface area contributed by atoms with E-state index in [9.17, 15) is 4.79 Å². The Morgan fingerprint density at radius 1 is 1.28 bits per heavy atom. The molecule has 1 aromatic heterocycles. The van der Waals surface area contributed by atoms with E-state index in [0.717, 1.165) is 57.4 Å². The van der Waals surface area contributed by atoms with E-state index in [2.05, 4.69) is 40.5 Å². The number of nitrogens with zero attached hydrogens (tertiary/aromatic N) is 3. The summed E-state index contributed by atoms with van der Waals surface area (Å²) in [4.78, 5) is 21.3. The van der Waals surface area contributed by atoms with Gasteiger partial charge in [0.15, 0.2) is 0 Å². The summed E-state index contributed by atoms with van der Waals surface area (Å²) in [5.74, 6) is 0. The van der Waals surface area contributed by atoms with Gasteiger partial charge in [0.25, 0.3) is 0 Å². The molecule has 1 aliphatic heterocycles. The molecule has 1 fully saturated rings. The molecule has 0 spiro atoms. The van der Waals surface area contributed by atoms with Crippen molar-refractivity contribution in [3.05, 3.63) is 42.2 Å². The number of hydrogen-bond acceptors (Lipinski definition) is 3. The predicted octanol–water partition coefficient (Wildman–Crippen LogP) is 3.19. The summed E-state index contributed by atoms with van der Waals surface area (Å²) in [6.07, 6.45) is 12.8. The van der Waals surface area contributed by atoms with Gasteiger partial charge in [-0.25, -0.2) is 4.79 Å². The topological polar surface area (TPSA) is 48.5 Å². The van der Waals surface area contributed by atoms with E-state index in [1.165, 1.54) is 6.42 Å². The monoisotopic (exact) mass is 342 g/mol. The highest BCUT2D eigenvalue weighted by molar-refractivity contribution is 5.74. The normalized spacial score (nSPS) is 24.2. The van der Waals surface area contributed by atoms with Crippen LogP contribution in [0.5, 0.6) is 0 Å². The SMILES string of the molecule is CN(Cc1ccccn1)[C@H]1CCCN(C(=O)N[C@@H]2C=CCCC2)CC1. The summed E-state index contributed by atoms with van der Waals surface area (Å²) < 4.78 is 0. The zero-order valence-corrected chi connectivity index (χ0v) is 15.2. The zero-order valence-electron chi connectivity index (χ0n) is 15.2. The Hall–Kier alpha value is -1.88. The molecular formula is C20H30N4O. The lowest BCUT2D eigenvalue weighted by atomic mass is 10.0. The van der Waals surface area contributed by atoms with Crippen LogP contribution in [0, 0.1) is 0 Å². The highest BCUT2D eigenvalue weighted by Crippen LogP contribution is 2.18. The third-order valence-electron chi connectivity index (χ3n) is 5.31. The molecule has 1 saturated heterocycles. The number of likely N-dealkylation sites (tertiary alicyclic amines) is 1. The van der Waals surface area contributed by atoms with Crippen molar-refractivity contribution in [3.63, 3.8) is 0 Å². The molecule has 2 atom stereocenters. The third kappa shape index (κ3) is 5.30. The second-order valence-corrected chi connectivity index (χ2v) is 7.22. The van der Waals surface area contributed by atoms with E-state index in [0.29, 0.717) is 6.04 Å². The number of allylic oxidation sites excluding steroid dienone is 1. The van der Waals surface area contributed by atoms with E-state index in [4.69, 9.17) is 0 Å². The molecule has 0 bridgehead atoms. The molecule has 1 N–H and O–H groups in total. The van der Waals surface area contributed by atoms with Gasteiger partial charge >= 0.3 is 6.03 Å². The lowest BCUT2D eigenvalue weighted by Crippen LogP contribution is -2.45. The average molecular weight is 342 g/mol. The summed E-state index contributed by atoms with van der Waals surface area (Å²) in [6.45, 7) is 2.56. The van der Waals surface area contributed by atoms with Gasteiger partial charge in [-0.15, -0.1) is 0 Å². The van der Waals surface area contributed by atoms with Gasteiger partial charge in [-0.1, -0.05) is 18.2 Å². The Balaban J connectivity index is 1.48. The van der Waals surface area contributed by atoms with Crippen LogP contribution in [-0.2, 0) is 6.54 Å². The minimum atomic E-state index is 0.101. The highest BCUT2D eigenvalue weighted by atomic mass is 16.2. The van der Waals surface area contributed by atoms with Crippen molar-refractivity contribution in [1.29, 1.82) is 0 Å². The Morgan fingerprint density at radius 2 is 2.20 bits per heavy atom. The van der Waals surface area contributed by atoms with Gasteiger partial charge < -0.3 is 10.2 Å². The van der Waals surface area contributed by atoms with Crippen molar-refractivity contribution in [2.75, 3.05) is 20.1 Å². The molecule has 0 radical (unpaired) electrons. The molecule has 2 heterocycles. The molecule has 3 rings (SSSR count). The van der Waals surface area contributed by atoms with E-state index in [1.54, 1.807) is 0 Å². The summed E-state index contributed by atoms with van der Waals surface area (Å²) in [5, 5.41) is 3.18. The number of rotatable bonds is 4. The van der Waals surface area contributed by atoms with E-state index in [-0.39, 0.29) is 12.1 Å². The average Bonchev–Trinajstić information content (AvgIpc) is 2.90. The molecule has 1 aliphatic carbocycles. The summed E-state index contributed by atoms with van der Waals surface area (Å²) >= 11 is 0. The van der Waals surface area contributed by atoms with Crippen LogP contribution in [0.2, 0.25) is 0 Å². The quantitative estimate of drug-likeness (QED) is 0.855. The Bertz CT molecular complexity index is 574. The van der Waals surface area contributed by atoms with Crippen molar-refractivity contribution in [1.82, 2.24) is 20.1 Å². The number of amides is 2. The first-order valence-corrected chi connectivity index (χ1v) is 9.54. The summed E-state index contributed by atoms with van der Waals surface area (Å²) in [6, 6.07) is 6.89. The number of urea groups is 1. The molecule has 5 heteroatoms. The lowest BCUT2D eigenvalue weighted by Gasteiger charge is -2.27. The van der Waals surface area contributed by atoms with Crippen LogP contribution >= 0.6 is 0 Å². The lowest BCUT2D eigenvalue weighted by molar-refractivity contribution is 0.189. The van der Waals surface area contributed by atoms with E-state index < -0.39 is 0 Å². The standard InChI is InChI=1S/C20H30N4O/c1-23(16-18-10-5-6-13-21-18)19-11-7-14-24(15-12-19)20(25)22-17-8-3-2-4-9-17/h3,5-6,8,10,13,17,19H,2,4,7,9,11-12,14-16H2,1H3,(H,22,25)/t17-,19+/m1/s1. The number of carbonyl (C=O) groups is 1. The number of aromatic nitrogens is 1. The van der Waals surface area contributed by atoms with Crippen LogP contribution in [0.3, 0.4) is 0 Å². The molecule has 2 amide bonds. The number of hydrogen-bond donors (Lipinski definition) is 1. The molecular weight excluding hydrogens is 312 g/mol. The highest BCUT2D eigenvalue weighted by Gasteiger charge is 2.24. The van der Waals surface area contributed by atoms with E-state index in [1.807, 2.05) is 23.2 Å². The maximum absolute atomic E-state index is 12.5. The van der Waals surface area contributed by atoms with Gasteiger partial charge in [0.05, 0.1) is 5.69 Å². The van der Waals surface area contributed by atoms with Crippen molar-refractivity contribution in [2.45, 2.75) is 57.2 Å². The van der Waals surface area contributed by atoms with Crippen molar-refractivity contribution in [3.8, 4) is 0 Å². The van der Waals surface area contributed by atoms with Gasteiger partial charge in [0.1, 0.15) is 0 Å².